The molecule has 1 N–H and O–H groups in total. The first-order chi connectivity index (χ1) is 16.8. The van der Waals surface area contributed by atoms with E-state index in [0.717, 1.165) is 47.8 Å². The van der Waals surface area contributed by atoms with Crippen LogP contribution in [0.5, 0.6) is 5.75 Å². The van der Waals surface area contributed by atoms with Crippen molar-refractivity contribution in [3.8, 4) is 5.75 Å². The summed E-state index contributed by atoms with van der Waals surface area (Å²) < 4.78 is 11.6. The summed E-state index contributed by atoms with van der Waals surface area (Å²) in [6.07, 6.45) is 4.55. The van der Waals surface area contributed by atoms with Crippen LogP contribution in [0.25, 0.3) is 11.0 Å². The van der Waals surface area contributed by atoms with E-state index in [2.05, 4.69) is 0 Å². The van der Waals surface area contributed by atoms with Crippen molar-refractivity contribution < 1.29 is 19.1 Å². The van der Waals surface area contributed by atoms with Crippen LogP contribution in [0.2, 0.25) is 0 Å². The van der Waals surface area contributed by atoms with Crippen molar-refractivity contribution in [1.82, 2.24) is 4.90 Å². The Bertz CT molecular complexity index is 1310. The minimum absolute atomic E-state index is 0.0147. The molecular formula is C29H33NO5. The van der Waals surface area contributed by atoms with Gasteiger partial charge in [-0.1, -0.05) is 37.1 Å². The molecule has 1 saturated carbocycles. The average molecular weight is 476 g/mol. The molecular weight excluding hydrogens is 442 g/mol. The maximum atomic E-state index is 13.1. The van der Waals surface area contributed by atoms with E-state index in [1.54, 1.807) is 6.07 Å². The number of aryl methyl sites for hydroxylation is 2. The van der Waals surface area contributed by atoms with Crippen LogP contribution in [-0.2, 0) is 17.8 Å². The largest absolute Gasteiger partial charge is 0.489 e. The number of piperidine rings is 1. The molecule has 0 unspecified atom stereocenters. The van der Waals surface area contributed by atoms with Crippen LogP contribution >= 0.6 is 0 Å². The Morgan fingerprint density at radius 1 is 1.17 bits per heavy atom. The summed E-state index contributed by atoms with van der Waals surface area (Å²) in [7, 11) is 0. The van der Waals surface area contributed by atoms with Gasteiger partial charge in [-0.2, -0.15) is 0 Å². The van der Waals surface area contributed by atoms with E-state index in [1.807, 2.05) is 55.1 Å². The first kappa shape index (κ1) is 23.6. The average Bonchev–Trinajstić information content (AvgIpc) is 2.85. The maximum Gasteiger partial charge on any atom is 0.340 e. The predicted molar refractivity (Wildman–Crippen MR) is 135 cm³/mol. The van der Waals surface area contributed by atoms with E-state index in [0.29, 0.717) is 43.0 Å². The van der Waals surface area contributed by atoms with Gasteiger partial charge in [-0.05, 0) is 61.9 Å². The third kappa shape index (κ3) is 4.72. The monoisotopic (exact) mass is 475 g/mol. The number of ether oxygens (including phenoxy) is 1. The molecule has 2 aromatic carbocycles. The Labute approximate surface area is 205 Å². The van der Waals surface area contributed by atoms with E-state index in [4.69, 9.17) is 9.15 Å². The number of rotatable bonds is 5. The zero-order valence-electron chi connectivity index (χ0n) is 20.5. The van der Waals surface area contributed by atoms with E-state index >= 15 is 0 Å². The molecule has 1 saturated heterocycles. The van der Waals surface area contributed by atoms with Gasteiger partial charge in [0.1, 0.15) is 17.9 Å². The fourth-order valence-corrected chi connectivity index (χ4v) is 5.66. The smallest absolute Gasteiger partial charge is 0.340 e. The highest BCUT2D eigenvalue weighted by atomic mass is 16.5. The van der Waals surface area contributed by atoms with Crippen LogP contribution < -0.4 is 10.4 Å². The van der Waals surface area contributed by atoms with Crippen molar-refractivity contribution in [3.05, 3.63) is 75.1 Å². The number of nitrogens with zero attached hydrogens (tertiary/aromatic N) is 1. The van der Waals surface area contributed by atoms with Gasteiger partial charge in [0.2, 0.25) is 5.91 Å². The molecule has 0 bridgehead atoms. The molecule has 2 heterocycles. The molecule has 5 rings (SSSR count). The molecule has 1 amide bonds. The van der Waals surface area contributed by atoms with E-state index in [-0.39, 0.29) is 18.2 Å². The summed E-state index contributed by atoms with van der Waals surface area (Å²) in [4.78, 5) is 27.8. The Morgan fingerprint density at radius 3 is 2.83 bits per heavy atom. The quantitative estimate of drug-likeness (QED) is 0.542. The topological polar surface area (TPSA) is 80.0 Å². The van der Waals surface area contributed by atoms with Crippen molar-refractivity contribution in [2.45, 2.75) is 64.6 Å². The molecule has 1 aliphatic carbocycles. The lowest BCUT2D eigenvalue weighted by atomic mass is 9.71. The van der Waals surface area contributed by atoms with Crippen molar-refractivity contribution in [1.29, 1.82) is 0 Å². The lowest BCUT2D eigenvalue weighted by Gasteiger charge is -2.47. The molecule has 1 aromatic heterocycles. The highest BCUT2D eigenvalue weighted by Crippen LogP contribution is 2.40. The second-order valence-corrected chi connectivity index (χ2v) is 10.2. The third-order valence-corrected chi connectivity index (χ3v) is 8.02. The number of carbonyl (C=O) groups is 1. The Morgan fingerprint density at radius 2 is 2.00 bits per heavy atom. The number of hydrogen-bond donors (Lipinski definition) is 1. The van der Waals surface area contributed by atoms with Gasteiger partial charge in [0.05, 0.1) is 17.6 Å². The molecule has 0 radical (unpaired) electrons. The van der Waals surface area contributed by atoms with Crippen molar-refractivity contribution >= 4 is 16.9 Å². The van der Waals surface area contributed by atoms with Crippen LogP contribution in [0.15, 0.2) is 51.7 Å². The van der Waals surface area contributed by atoms with Crippen LogP contribution in [0.4, 0.5) is 0 Å². The van der Waals surface area contributed by atoms with Crippen LogP contribution in [0.3, 0.4) is 0 Å². The van der Waals surface area contributed by atoms with E-state index in [1.165, 1.54) is 0 Å². The number of benzene rings is 2. The number of carbonyl (C=O) groups excluding carboxylic acids is 1. The predicted octanol–water partition coefficient (Wildman–Crippen LogP) is 4.68. The number of amides is 1. The first-order valence-corrected chi connectivity index (χ1v) is 12.6. The molecule has 2 fully saturated rings. The highest BCUT2D eigenvalue weighted by Gasteiger charge is 2.43. The minimum atomic E-state index is -0.633. The zero-order chi connectivity index (χ0) is 24.6. The van der Waals surface area contributed by atoms with Gasteiger partial charge in [-0.15, -0.1) is 0 Å². The maximum absolute atomic E-state index is 13.1. The van der Waals surface area contributed by atoms with Gasteiger partial charge in [0, 0.05) is 30.5 Å². The summed E-state index contributed by atoms with van der Waals surface area (Å²) >= 11 is 0. The number of likely N-dealkylation sites (tertiary alicyclic amines) is 1. The Balaban J connectivity index is 1.32. The standard InChI is InChI=1S/C29H33NO5/c1-19-7-3-4-8-21(19)18-34-23-10-11-24-20(2)25(28(32)35-26(24)15-23)16-27(31)30-14-13-29(33)12-6-5-9-22(29)17-30/h3-4,7-8,10-11,15,22,33H,5-6,9,12-14,16-18H2,1-2H3/t22-,29-/m1/s1. The van der Waals surface area contributed by atoms with Crippen LogP contribution in [0, 0.1) is 19.8 Å². The number of aliphatic hydroxyl groups is 1. The van der Waals surface area contributed by atoms with Gasteiger partial charge in [-0.3, -0.25) is 4.79 Å². The van der Waals surface area contributed by atoms with Crippen molar-refractivity contribution in [2.24, 2.45) is 5.92 Å². The summed E-state index contributed by atoms with van der Waals surface area (Å²) in [6.45, 7) is 5.44. The van der Waals surface area contributed by atoms with Crippen molar-refractivity contribution in [2.75, 3.05) is 13.1 Å². The van der Waals surface area contributed by atoms with Gasteiger partial charge in [-0.25, -0.2) is 4.79 Å². The molecule has 35 heavy (non-hydrogen) atoms. The highest BCUT2D eigenvalue weighted by molar-refractivity contribution is 5.85. The van der Waals surface area contributed by atoms with Crippen LogP contribution in [-0.4, -0.2) is 34.6 Å². The van der Waals surface area contributed by atoms with Gasteiger partial charge in [0.15, 0.2) is 0 Å². The zero-order valence-corrected chi connectivity index (χ0v) is 20.5. The summed E-state index contributed by atoms with van der Waals surface area (Å²) in [6, 6.07) is 13.5. The molecule has 3 aromatic rings. The number of fused-ring (bicyclic) bond motifs is 2. The second kappa shape index (κ2) is 9.50. The van der Waals surface area contributed by atoms with E-state index in [9.17, 15) is 14.7 Å². The van der Waals surface area contributed by atoms with Gasteiger partial charge >= 0.3 is 5.63 Å². The molecule has 184 valence electrons. The lowest BCUT2D eigenvalue weighted by molar-refractivity contribution is -0.142. The van der Waals surface area contributed by atoms with E-state index < -0.39 is 11.2 Å². The molecule has 2 atom stereocenters. The Kier molecular flexibility index (Phi) is 6.41. The fourth-order valence-electron chi connectivity index (χ4n) is 5.66. The lowest BCUT2D eigenvalue weighted by Crippen LogP contribution is -2.55. The molecule has 6 heteroatoms. The molecule has 6 nitrogen and oxygen atoms in total. The minimum Gasteiger partial charge on any atom is -0.489 e. The van der Waals surface area contributed by atoms with Crippen molar-refractivity contribution in [3.63, 3.8) is 0 Å². The Hall–Kier alpha value is -3.12. The second-order valence-electron chi connectivity index (χ2n) is 10.2. The molecule has 1 aliphatic heterocycles. The summed E-state index contributed by atoms with van der Waals surface area (Å²) in [5.74, 6) is 0.673. The summed E-state index contributed by atoms with van der Waals surface area (Å²) in [5.41, 5.74) is 2.77. The third-order valence-electron chi connectivity index (χ3n) is 8.02. The number of hydrogen-bond acceptors (Lipinski definition) is 5. The summed E-state index contributed by atoms with van der Waals surface area (Å²) in [5, 5.41) is 11.7. The normalized spacial score (nSPS) is 22.1. The van der Waals surface area contributed by atoms with Crippen LogP contribution in [0.1, 0.15) is 54.4 Å². The van der Waals surface area contributed by atoms with Gasteiger partial charge in [0.25, 0.3) is 0 Å². The molecule has 0 spiro atoms. The fraction of sp³-hybridized carbons (Fsp3) is 0.448. The molecule has 2 aliphatic rings. The van der Waals surface area contributed by atoms with Gasteiger partial charge < -0.3 is 19.2 Å². The SMILES string of the molecule is Cc1ccccc1COc1ccc2c(C)c(CC(=O)N3CC[C@]4(O)CCCC[C@@H]4C3)c(=O)oc2c1. The first-order valence-electron chi connectivity index (χ1n) is 12.6.